The number of aromatic nitrogens is 1. The molecule has 0 saturated heterocycles. The summed E-state index contributed by atoms with van der Waals surface area (Å²) >= 11 is 4.58. The average molecular weight is 457 g/mol. The van der Waals surface area contributed by atoms with E-state index >= 15 is 0 Å². The molecule has 138 valence electrons. The molecule has 0 aliphatic carbocycles. The van der Waals surface area contributed by atoms with Crippen LogP contribution in [0.15, 0.2) is 67.7 Å². The largest absolute Gasteiger partial charge is 0.450 e. The molecule has 0 saturated carbocycles. The van der Waals surface area contributed by atoms with E-state index in [-0.39, 0.29) is 22.3 Å². The molecule has 0 bridgehead atoms. The van der Waals surface area contributed by atoms with E-state index < -0.39 is 17.8 Å². The minimum absolute atomic E-state index is 0.0803. The molecule has 0 spiro atoms. The number of rotatable bonds is 2. The van der Waals surface area contributed by atoms with E-state index in [1.165, 1.54) is 22.3 Å². The highest BCUT2D eigenvalue weighted by atomic mass is 79.9. The van der Waals surface area contributed by atoms with Crippen LogP contribution < -0.4 is 10.3 Å². The Morgan fingerprint density at radius 2 is 2.00 bits per heavy atom. The van der Waals surface area contributed by atoms with Gasteiger partial charge >= 0.3 is 0 Å². The Hall–Kier alpha value is -2.84. The summed E-state index contributed by atoms with van der Waals surface area (Å²) in [5, 5.41) is 2.41. The lowest BCUT2D eigenvalue weighted by Gasteiger charge is -2.22. The maximum atomic E-state index is 14.7. The summed E-state index contributed by atoms with van der Waals surface area (Å²) in [5.74, 6) is -1.10. The predicted octanol–water partition coefficient (Wildman–Crippen LogP) is 4.90. The summed E-state index contributed by atoms with van der Waals surface area (Å²) < 4.78 is 21.2. The van der Waals surface area contributed by atoms with Gasteiger partial charge in [-0.2, -0.15) is 0 Å². The number of hydrogen-bond acceptors (Lipinski definition) is 5. The first-order valence-electron chi connectivity index (χ1n) is 8.30. The Morgan fingerprint density at radius 3 is 2.75 bits per heavy atom. The van der Waals surface area contributed by atoms with Gasteiger partial charge < -0.3 is 4.42 Å². The second-order valence-electron chi connectivity index (χ2n) is 6.23. The molecule has 2 aromatic carbocycles. The van der Waals surface area contributed by atoms with Gasteiger partial charge in [0.15, 0.2) is 10.6 Å². The summed E-state index contributed by atoms with van der Waals surface area (Å²) in [6.45, 7) is 0. The van der Waals surface area contributed by atoms with Crippen molar-refractivity contribution >= 4 is 49.3 Å². The molecule has 1 atom stereocenters. The molecule has 4 aromatic rings. The van der Waals surface area contributed by atoms with E-state index in [0.29, 0.717) is 20.6 Å². The van der Waals surface area contributed by atoms with Crippen LogP contribution in [0.4, 0.5) is 9.52 Å². The van der Waals surface area contributed by atoms with Crippen LogP contribution in [-0.4, -0.2) is 10.9 Å². The van der Waals surface area contributed by atoms with Crippen LogP contribution in [-0.2, 0) is 0 Å². The topological polar surface area (TPSA) is 63.4 Å². The molecule has 8 heteroatoms. The highest BCUT2D eigenvalue weighted by Crippen LogP contribution is 2.42. The number of anilines is 1. The Balaban J connectivity index is 1.87. The molecule has 0 N–H and O–H groups in total. The van der Waals surface area contributed by atoms with E-state index in [0.717, 1.165) is 0 Å². The van der Waals surface area contributed by atoms with Crippen molar-refractivity contribution < 1.29 is 13.6 Å². The van der Waals surface area contributed by atoms with Crippen LogP contribution in [0.5, 0.6) is 0 Å². The normalized spacial score (nSPS) is 16.0. The standard InChI is InChI=1S/C20H10BrFN2O3S/c21-10-5-6-14-12(9-10)17(25)15-16(11-3-1-2-4-13(11)22)24(19(26)18(15)27-14)20-23-7-8-28-20/h1-9,16H/t16-/m0/s1. The van der Waals surface area contributed by atoms with Crippen molar-refractivity contribution in [3.8, 4) is 0 Å². The second-order valence-corrected chi connectivity index (χ2v) is 8.02. The smallest absolute Gasteiger partial charge is 0.297 e. The molecule has 0 fully saturated rings. The van der Waals surface area contributed by atoms with Gasteiger partial charge in [0.2, 0.25) is 5.76 Å². The molecule has 0 radical (unpaired) electrons. The third kappa shape index (κ3) is 2.45. The fraction of sp³-hybridized carbons (Fsp3) is 0.0500. The summed E-state index contributed by atoms with van der Waals surface area (Å²) in [7, 11) is 0. The summed E-state index contributed by atoms with van der Waals surface area (Å²) in [4.78, 5) is 32.0. The number of carbonyl (C=O) groups is 1. The highest BCUT2D eigenvalue weighted by molar-refractivity contribution is 9.10. The highest BCUT2D eigenvalue weighted by Gasteiger charge is 2.45. The van der Waals surface area contributed by atoms with Crippen LogP contribution in [0.1, 0.15) is 27.7 Å². The van der Waals surface area contributed by atoms with Crippen molar-refractivity contribution in [3.05, 3.63) is 91.4 Å². The van der Waals surface area contributed by atoms with Gasteiger partial charge in [-0.25, -0.2) is 9.37 Å². The number of benzene rings is 2. The number of thiazole rings is 1. The Labute approximate surface area is 170 Å². The molecule has 0 unspecified atom stereocenters. The van der Waals surface area contributed by atoms with Crippen LogP contribution in [0, 0.1) is 5.82 Å². The fourth-order valence-corrected chi connectivity index (χ4v) is 4.50. The first kappa shape index (κ1) is 17.3. The van der Waals surface area contributed by atoms with Crippen molar-refractivity contribution in [2.45, 2.75) is 6.04 Å². The summed E-state index contributed by atoms with van der Waals surface area (Å²) in [6, 6.07) is 10.1. The molecular weight excluding hydrogens is 447 g/mol. The van der Waals surface area contributed by atoms with Crippen LogP contribution >= 0.6 is 27.3 Å². The molecule has 1 aliphatic heterocycles. The lowest BCUT2D eigenvalue weighted by Crippen LogP contribution is -2.29. The van der Waals surface area contributed by atoms with Crippen molar-refractivity contribution in [3.63, 3.8) is 0 Å². The first-order chi connectivity index (χ1) is 13.6. The monoisotopic (exact) mass is 456 g/mol. The molecular formula is C20H10BrFN2O3S. The lowest BCUT2D eigenvalue weighted by molar-refractivity contribution is 0.0970. The number of nitrogens with zero attached hydrogens (tertiary/aromatic N) is 2. The minimum atomic E-state index is -0.950. The third-order valence-corrected chi connectivity index (χ3v) is 5.92. The van der Waals surface area contributed by atoms with Crippen LogP contribution in [0.3, 0.4) is 0 Å². The van der Waals surface area contributed by atoms with Gasteiger partial charge in [0.25, 0.3) is 5.91 Å². The van der Waals surface area contributed by atoms with Crippen LogP contribution in [0.25, 0.3) is 11.0 Å². The van der Waals surface area contributed by atoms with E-state index in [1.807, 2.05) is 0 Å². The van der Waals surface area contributed by atoms with Crippen LogP contribution in [0.2, 0.25) is 0 Å². The van der Waals surface area contributed by atoms with E-state index in [2.05, 4.69) is 20.9 Å². The number of halogens is 2. The maximum absolute atomic E-state index is 14.7. The van der Waals surface area contributed by atoms with Crippen molar-refractivity contribution in [2.75, 3.05) is 4.90 Å². The molecule has 2 aromatic heterocycles. The van der Waals surface area contributed by atoms with Crippen molar-refractivity contribution in [1.29, 1.82) is 0 Å². The van der Waals surface area contributed by atoms with Crippen molar-refractivity contribution in [1.82, 2.24) is 4.98 Å². The molecule has 28 heavy (non-hydrogen) atoms. The summed E-state index contributed by atoms with van der Waals surface area (Å²) in [6.07, 6.45) is 1.55. The molecule has 3 heterocycles. The van der Waals surface area contributed by atoms with Gasteiger partial charge in [-0.3, -0.25) is 14.5 Å². The summed E-state index contributed by atoms with van der Waals surface area (Å²) in [5.41, 5.74) is 0.272. The van der Waals surface area contributed by atoms with Gasteiger partial charge in [0, 0.05) is 21.6 Å². The molecule has 1 aliphatic rings. The Morgan fingerprint density at radius 1 is 1.18 bits per heavy atom. The zero-order valence-corrected chi connectivity index (χ0v) is 16.5. The van der Waals surface area contributed by atoms with Gasteiger partial charge in [0.05, 0.1) is 10.9 Å². The lowest BCUT2D eigenvalue weighted by atomic mass is 9.98. The predicted molar refractivity (Wildman–Crippen MR) is 107 cm³/mol. The zero-order valence-electron chi connectivity index (χ0n) is 14.1. The van der Waals surface area contributed by atoms with E-state index in [1.54, 1.807) is 48.0 Å². The van der Waals surface area contributed by atoms with Gasteiger partial charge in [0.1, 0.15) is 17.4 Å². The maximum Gasteiger partial charge on any atom is 0.297 e. The van der Waals surface area contributed by atoms with Gasteiger partial charge in [-0.05, 0) is 24.3 Å². The third-order valence-electron chi connectivity index (χ3n) is 4.66. The van der Waals surface area contributed by atoms with E-state index in [4.69, 9.17) is 4.42 Å². The number of carbonyl (C=O) groups excluding carboxylic acids is 1. The van der Waals surface area contributed by atoms with Gasteiger partial charge in [-0.1, -0.05) is 34.1 Å². The fourth-order valence-electron chi connectivity index (χ4n) is 3.47. The number of hydrogen-bond donors (Lipinski definition) is 0. The van der Waals surface area contributed by atoms with Crippen molar-refractivity contribution in [2.24, 2.45) is 0 Å². The van der Waals surface area contributed by atoms with E-state index in [9.17, 15) is 14.0 Å². The Kier molecular flexibility index (Phi) is 3.92. The first-order valence-corrected chi connectivity index (χ1v) is 9.97. The quantitative estimate of drug-likeness (QED) is 0.430. The Bertz CT molecular complexity index is 1300. The average Bonchev–Trinajstić information content (AvgIpc) is 3.30. The molecule has 5 nitrogen and oxygen atoms in total. The number of fused-ring (bicyclic) bond motifs is 2. The second kappa shape index (κ2) is 6.35. The number of amides is 1. The molecule has 5 rings (SSSR count). The SMILES string of the molecule is O=C1c2oc3ccc(Br)cc3c(=O)c2[C@H](c2ccccc2F)N1c1nccs1. The zero-order chi connectivity index (χ0) is 19.4. The van der Waals surface area contributed by atoms with Gasteiger partial charge in [-0.15, -0.1) is 11.3 Å². The minimum Gasteiger partial charge on any atom is -0.450 e. The molecule has 1 amide bonds.